The lowest BCUT2D eigenvalue weighted by atomic mass is 9.95. The number of imide groups is 1. The van der Waals surface area contributed by atoms with Gasteiger partial charge < -0.3 is 4.74 Å². The molecular weight excluding hydrogens is 290 g/mol. The number of hydrogen-bond donors (Lipinski definition) is 1. The van der Waals surface area contributed by atoms with Crippen LogP contribution in [0.25, 0.3) is 5.57 Å². The van der Waals surface area contributed by atoms with Crippen LogP contribution >= 0.6 is 0 Å². The van der Waals surface area contributed by atoms with Crippen LogP contribution < -0.4 is 10.1 Å². The summed E-state index contributed by atoms with van der Waals surface area (Å²) in [4.78, 5) is 24.1. The minimum atomic E-state index is -0.310. The van der Waals surface area contributed by atoms with E-state index < -0.39 is 0 Å². The van der Waals surface area contributed by atoms with Crippen molar-refractivity contribution in [2.45, 2.75) is 47.1 Å². The van der Waals surface area contributed by atoms with E-state index in [0.717, 1.165) is 11.3 Å². The van der Waals surface area contributed by atoms with Crippen molar-refractivity contribution in [3.63, 3.8) is 0 Å². The fourth-order valence-corrected chi connectivity index (χ4v) is 2.45. The van der Waals surface area contributed by atoms with Crippen LogP contribution in [0.15, 0.2) is 29.8 Å². The Morgan fingerprint density at radius 3 is 2.09 bits per heavy atom. The van der Waals surface area contributed by atoms with E-state index in [2.05, 4.69) is 19.2 Å². The molecule has 0 spiro atoms. The molecule has 124 valence electrons. The largest absolute Gasteiger partial charge is 0.490 e. The fourth-order valence-electron chi connectivity index (χ4n) is 2.45. The van der Waals surface area contributed by atoms with E-state index in [4.69, 9.17) is 4.74 Å². The molecule has 2 rings (SSSR count). The predicted molar refractivity (Wildman–Crippen MR) is 90.9 cm³/mol. The van der Waals surface area contributed by atoms with E-state index in [9.17, 15) is 9.59 Å². The van der Waals surface area contributed by atoms with Gasteiger partial charge in [0.25, 0.3) is 11.8 Å². The smallest absolute Gasteiger partial charge is 0.259 e. The van der Waals surface area contributed by atoms with Gasteiger partial charge in [-0.05, 0) is 42.9 Å². The monoisotopic (exact) mass is 315 g/mol. The van der Waals surface area contributed by atoms with Gasteiger partial charge in [0.1, 0.15) is 5.75 Å². The van der Waals surface area contributed by atoms with Crippen LogP contribution in [0.4, 0.5) is 0 Å². The molecule has 1 aliphatic rings. The van der Waals surface area contributed by atoms with Crippen molar-refractivity contribution in [3.8, 4) is 5.75 Å². The number of carbonyl (C=O) groups excluding carboxylic acids is 2. The zero-order valence-corrected chi connectivity index (χ0v) is 14.5. The summed E-state index contributed by atoms with van der Waals surface area (Å²) in [5, 5.41) is 2.40. The van der Waals surface area contributed by atoms with E-state index in [1.807, 2.05) is 45.0 Å². The highest BCUT2D eigenvalue weighted by atomic mass is 16.5. The minimum Gasteiger partial charge on any atom is -0.490 e. The Morgan fingerprint density at radius 1 is 0.957 bits per heavy atom. The second-order valence-corrected chi connectivity index (χ2v) is 6.83. The lowest BCUT2D eigenvalue weighted by Crippen LogP contribution is -2.23. The Labute approximate surface area is 137 Å². The van der Waals surface area contributed by atoms with Crippen LogP contribution in [0, 0.1) is 11.8 Å². The number of hydrogen-bond acceptors (Lipinski definition) is 3. The average molecular weight is 315 g/mol. The summed E-state index contributed by atoms with van der Waals surface area (Å²) in [7, 11) is 0. The molecular formula is C19H25NO3. The Kier molecular flexibility index (Phi) is 5.24. The fraction of sp³-hybridized carbons (Fsp3) is 0.474. The summed E-state index contributed by atoms with van der Waals surface area (Å²) >= 11 is 0. The van der Waals surface area contributed by atoms with E-state index in [1.165, 1.54) is 0 Å². The molecule has 23 heavy (non-hydrogen) atoms. The Bertz CT molecular complexity index is 627. The van der Waals surface area contributed by atoms with E-state index in [-0.39, 0.29) is 17.9 Å². The molecule has 1 atom stereocenters. The molecule has 0 saturated heterocycles. The SMILES string of the molecule is CC(C)CC1=C(c2ccc(OC(C)C(C)C)cc2)C(=O)NC1=O. The maximum atomic E-state index is 12.1. The Balaban J connectivity index is 2.28. The van der Waals surface area contributed by atoms with E-state index in [1.54, 1.807) is 0 Å². The predicted octanol–water partition coefficient (Wildman–Crippen LogP) is 3.57. The zero-order valence-electron chi connectivity index (χ0n) is 14.5. The quantitative estimate of drug-likeness (QED) is 0.817. The molecule has 1 N–H and O–H groups in total. The number of nitrogens with one attached hydrogen (secondary N) is 1. The number of amides is 2. The van der Waals surface area contributed by atoms with Gasteiger partial charge in [0.15, 0.2) is 0 Å². The third-order valence-electron chi connectivity index (χ3n) is 4.05. The van der Waals surface area contributed by atoms with Crippen molar-refractivity contribution >= 4 is 17.4 Å². The van der Waals surface area contributed by atoms with E-state index in [0.29, 0.717) is 29.4 Å². The van der Waals surface area contributed by atoms with Crippen molar-refractivity contribution in [1.82, 2.24) is 5.32 Å². The van der Waals surface area contributed by atoms with Crippen molar-refractivity contribution < 1.29 is 14.3 Å². The molecule has 1 aliphatic heterocycles. The van der Waals surface area contributed by atoms with Gasteiger partial charge in [-0.2, -0.15) is 0 Å². The maximum absolute atomic E-state index is 12.1. The molecule has 2 amide bonds. The van der Waals surface area contributed by atoms with Crippen molar-refractivity contribution in [2.75, 3.05) is 0 Å². The van der Waals surface area contributed by atoms with Gasteiger partial charge in [-0.3, -0.25) is 14.9 Å². The summed E-state index contributed by atoms with van der Waals surface area (Å²) in [6.45, 7) is 10.3. The van der Waals surface area contributed by atoms with Gasteiger partial charge in [0.05, 0.1) is 11.7 Å². The van der Waals surface area contributed by atoms with Crippen molar-refractivity contribution in [2.24, 2.45) is 11.8 Å². The number of benzene rings is 1. The number of ether oxygens (including phenoxy) is 1. The van der Waals surface area contributed by atoms with Crippen LogP contribution in [0.3, 0.4) is 0 Å². The van der Waals surface area contributed by atoms with Crippen LogP contribution in [0.2, 0.25) is 0 Å². The maximum Gasteiger partial charge on any atom is 0.259 e. The molecule has 4 heteroatoms. The topological polar surface area (TPSA) is 55.4 Å². The number of rotatable bonds is 6. The second-order valence-electron chi connectivity index (χ2n) is 6.83. The highest BCUT2D eigenvalue weighted by molar-refractivity contribution is 6.35. The average Bonchev–Trinajstić information content (AvgIpc) is 2.73. The molecule has 0 fully saturated rings. The van der Waals surface area contributed by atoms with Crippen LogP contribution in [-0.4, -0.2) is 17.9 Å². The molecule has 0 aliphatic carbocycles. The zero-order chi connectivity index (χ0) is 17.1. The summed E-state index contributed by atoms with van der Waals surface area (Å²) < 4.78 is 5.85. The minimum absolute atomic E-state index is 0.118. The van der Waals surface area contributed by atoms with Crippen LogP contribution in [0.1, 0.15) is 46.6 Å². The standard InChI is InChI=1S/C19H25NO3/c1-11(2)10-16-17(19(22)20-18(16)21)14-6-8-15(9-7-14)23-13(5)12(3)4/h6-9,11-13H,10H2,1-5H3,(H,20,21,22). The van der Waals surface area contributed by atoms with Gasteiger partial charge in [0, 0.05) is 5.57 Å². The summed E-state index contributed by atoms with van der Waals surface area (Å²) in [6.07, 6.45) is 0.711. The van der Waals surface area contributed by atoms with Crippen molar-refractivity contribution in [1.29, 1.82) is 0 Å². The Hall–Kier alpha value is -2.10. The first-order valence-electron chi connectivity index (χ1n) is 8.15. The van der Waals surface area contributed by atoms with Gasteiger partial charge >= 0.3 is 0 Å². The molecule has 1 aromatic rings. The Morgan fingerprint density at radius 2 is 1.57 bits per heavy atom. The first-order chi connectivity index (χ1) is 10.8. The first-order valence-corrected chi connectivity index (χ1v) is 8.15. The highest BCUT2D eigenvalue weighted by Gasteiger charge is 2.31. The third-order valence-corrected chi connectivity index (χ3v) is 4.05. The van der Waals surface area contributed by atoms with Gasteiger partial charge in [-0.1, -0.05) is 39.8 Å². The van der Waals surface area contributed by atoms with Gasteiger partial charge in [0.2, 0.25) is 0 Å². The summed E-state index contributed by atoms with van der Waals surface area (Å²) in [5.74, 6) is 0.924. The first kappa shape index (κ1) is 17.3. The van der Waals surface area contributed by atoms with Crippen LogP contribution in [0.5, 0.6) is 5.75 Å². The lowest BCUT2D eigenvalue weighted by Gasteiger charge is -2.18. The highest BCUT2D eigenvalue weighted by Crippen LogP contribution is 2.29. The van der Waals surface area contributed by atoms with Gasteiger partial charge in [-0.15, -0.1) is 0 Å². The van der Waals surface area contributed by atoms with Gasteiger partial charge in [-0.25, -0.2) is 0 Å². The molecule has 1 unspecified atom stereocenters. The molecule has 0 aromatic heterocycles. The molecule has 0 saturated carbocycles. The molecule has 1 aromatic carbocycles. The van der Waals surface area contributed by atoms with E-state index >= 15 is 0 Å². The molecule has 0 radical (unpaired) electrons. The molecule has 1 heterocycles. The second kappa shape index (κ2) is 6.99. The van der Waals surface area contributed by atoms with Crippen molar-refractivity contribution in [3.05, 3.63) is 35.4 Å². The lowest BCUT2D eigenvalue weighted by molar-refractivity contribution is -0.123. The summed E-state index contributed by atoms with van der Waals surface area (Å²) in [6, 6.07) is 7.39. The third kappa shape index (κ3) is 4.01. The summed E-state index contributed by atoms with van der Waals surface area (Å²) in [5.41, 5.74) is 1.83. The number of carbonyl (C=O) groups is 2. The van der Waals surface area contributed by atoms with Crippen LogP contribution in [-0.2, 0) is 9.59 Å². The molecule has 4 nitrogen and oxygen atoms in total. The molecule has 0 bridgehead atoms. The normalized spacial score (nSPS) is 16.3.